The normalized spacial score (nSPS) is 15.7. The van der Waals surface area contributed by atoms with Gasteiger partial charge in [0.25, 0.3) is 5.91 Å². The van der Waals surface area contributed by atoms with Gasteiger partial charge in [0.1, 0.15) is 0 Å². The van der Waals surface area contributed by atoms with E-state index in [0.29, 0.717) is 5.57 Å². The molecule has 3 nitrogen and oxygen atoms in total. The van der Waals surface area contributed by atoms with Crippen LogP contribution in [0.15, 0.2) is 28.7 Å². The van der Waals surface area contributed by atoms with Crippen molar-refractivity contribution in [3.8, 4) is 0 Å². The molecule has 0 bridgehead atoms. The highest BCUT2D eigenvalue weighted by Crippen LogP contribution is 2.35. The molecule has 3 rings (SSSR count). The molecule has 0 fully saturated rings. The van der Waals surface area contributed by atoms with Crippen LogP contribution in [0, 0.1) is 13.8 Å². The van der Waals surface area contributed by atoms with Crippen molar-refractivity contribution >= 4 is 39.2 Å². The highest BCUT2D eigenvalue weighted by Gasteiger charge is 2.24. The summed E-state index contributed by atoms with van der Waals surface area (Å²) < 4.78 is 0.966. The zero-order chi connectivity index (χ0) is 13.6. The fraction of sp³-hybridized carbons (Fsp3) is 0.133. The molecular weight excluding hydrogens is 304 g/mol. The first-order valence-electron chi connectivity index (χ1n) is 6.04. The van der Waals surface area contributed by atoms with Gasteiger partial charge in [-0.2, -0.15) is 0 Å². The predicted octanol–water partition coefficient (Wildman–Crippen LogP) is 3.89. The first-order valence-corrected chi connectivity index (χ1v) is 6.83. The summed E-state index contributed by atoms with van der Waals surface area (Å²) in [5.74, 6) is -0.0558. The van der Waals surface area contributed by atoms with Crippen molar-refractivity contribution < 1.29 is 4.79 Å². The third-order valence-electron chi connectivity index (χ3n) is 3.24. The number of hydrogen-bond donors (Lipinski definition) is 2. The molecule has 2 heterocycles. The molecule has 19 heavy (non-hydrogen) atoms. The number of benzene rings is 1. The number of aromatic nitrogens is 1. The molecule has 0 saturated heterocycles. The third-order valence-corrected chi connectivity index (χ3v) is 3.74. The molecule has 1 aliphatic heterocycles. The minimum atomic E-state index is -0.0558. The minimum Gasteiger partial charge on any atom is -0.359 e. The Morgan fingerprint density at radius 1 is 1.21 bits per heavy atom. The molecule has 0 atom stereocenters. The van der Waals surface area contributed by atoms with E-state index in [1.54, 1.807) is 0 Å². The lowest BCUT2D eigenvalue weighted by Crippen LogP contribution is -2.03. The van der Waals surface area contributed by atoms with Gasteiger partial charge >= 0.3 is 0 Å². The topological polar surface area (TPSA) is 44.9 Å². The Morgan fingerprint density at radius 3 is 2.68 bits per heavy atom. The maximum Gasteiger partial charge on any atom is 0.256 e. The Labute approximate surface area is 119 Å². The molecule has 1 aliphatic rings. The number of hydrogen-bond acceptors (Lipinski definition) is 1. The van der Waals surface area contributed by atoms with Crippen LogP contribution in [0.1, 0.15) is 22.5 Å². The number of fused-ring (bicyclic) bond motifs is 1. The molecular formula is C15H13BrN2O. The number of aromatic amines is 1. The molecule has 0 radical (unpaired) electrons. The second-order valence-electron chi connectivity index (χ2n) is 4.75. The lowest BCUT2D eigenvalue weighted by molar-refractivity contribution is -0.110. The van der Waals surface area contributed by atoms with Gasteiger partial charge in [0, 0.05) is 27.1 Å². The van der Waals surface area contributed by atoms with E-state index in [2.05, 4.69) is 32.3 Å². The number of H-pyrrole nitrogens is 1. The van der Waals surface area contributed by atoms with Gasteiger partial charge in [-0.3, -0.25) is 4.79 Å². The molecule has 2 N–H and O–H groups in total. The van der Waals surface area contributed by atoms with Crippen molar-refractivity contribution in [1.29, 1.82) is 0 Å². The fourth-order valence-corrected chi connectivity index (χ4v) is 2.71. The quantitative estimate of drug-likeness (QED) is 0.770. The van der Waals surface area contributed by atoms with Crippen LogP contribution in [0.3, 0.4) is 0 Å². The van der Waals surface area contributed by atoms with Crippen LogP contribution in [-0.4, -0.2) is 10.9 Å². The number of halogens is 1. The molecule has 4 heteroatoms. The summed E-state index contributed by atoms with van der Waals surface area (Å²) in [5, 5.41) is 2.88. The highest BCUT2D eigenvalue weighted by molar-refractivity contribution is 9.10. The maximum atomic E-state index is 12.1. The van der Waals surface area contributed by atoms with Crippen LogP contribution in [0.4, 0.5) is 5.69 Å². The molecule has 2 aromatic rings. The number of rotatable bonds is 1. The molecule has 0 aliphatic carbocycles. The van der Waals surface area contributed by atoms with Crippen LogP contribution in [0.25, 0.3) is 11.6 Å². The van der Waals surface area contributed by atoms with Crippen LogP contribution >= 0.6 is 15.9 Å². The Morgan fingerprint density at radius 2 is 2.00 bits per heavy atom. The summed E-state index contributed by atoms with van der Waals surface area (Å²) in [6, 6.07) is 7.86. The molecule has 0 unspecified atom stereocenters. The Hall–Kier alpha value is -1.81. The number of carbonyl (C=O) groups excluding carboxylic acids is 1. The van der Waals surface area contributed by atoms with Crippen LogP contribution in [0.5, 0.6) is 0 Å². The Balaban J connectivity index is 2.14. The van der Waals surface area contributed by atoms with Crippen molar-refractivity contribution in [1.82, 2.24) is 4.98 Å². The van der Waals surface area contributed by atoms with Crippen LogP contribution in [-0.2, 0) is 4.79 Å². The number of carbonyl (C=O) groups is 1. The second-order valence-corrected chi connectivity index (χ2v) is 5.67. The van der Waals surface area contributed by atoms with Gasteiger partial charge in [-0.25, -0.2) is 0 Å². The van der Waals surface area contributed by atoms with E-state index in [4.69, 9.17) is 0 Å². The van der Waals surface area contributed by atoms with Crippen LogP contribution in [0.2, 0.25) is 0 Å². The van der Waals surface area contributed by atoms with Crippen molar-refractivity contribution in [2.75, 3.05) is 5.32 Å². The van der Waals surface area contributed by atoms with E-state index in [1.165, 1.54) is 0 Å². The van der Waals surface area contributed by atoms with Gasteiger partial charge in [0.2, 0.25) is 0 Å². The molecule has 1 aromatic heterocycles. The molecule has 1 amide bonds. The standard InChI is InChI=1S/C15H13BrN2O/c1-8-5-9(2)17-14(8)7-12-11-6-10(16)3-4-13(11)18-15(12)19/h3-7,17H,1-2H3,(H,18,19)/b12-7-. The largest absolute Gasteiger partial charge is 0.359 e. The summed E-state index contributed by atoms with van der Waals surface area (Å²) in [5.41, 5.74) is 5.71. The zero-order valence-corrected chi connectivity index (χ0v) is 12.3. The van der Waals surface area contributed by atoms with E-state index >= 15 is 0 Å². The van der Waals surface area contributed by atoms with E-state index in [-0.39, 0.29) is 5.91 Å². The monoisotopic (exact) mass is 316 g/mol. The molecule has 1 aromatic carbocycles. The van der Waals surface area contributed by atoms with Gasteiger partial charge in [-0.1, -0.05) is 15.9 Å². The average molecular weight is 317 g/mol. The minimum absolute atomic E-state index is 0.0558. The maximum absolute atomic E-state index is 12.1. The van der Waals surface area contributed by atoms with Crippen molar-refractivity contribution in [2.45, 2.75) is 13.8 Å². The first-order chi connectivity index (χ1) is 9.04. The zero-order valence-electron chi connectivity index (χ0n) is 10.7. The van der Waals surface area contributed by atoms with Gasteiger partial charge in [0.05, 0.1) is 5.57 Å². The Kier molecular flexibility index (Phi) is 2.82. The van der Waals surface area contributed by atoms with Gasteiger partial charge < -0.3 is 10.3 Å². The predicted molar refractivity (Wildman–Crippen MR) is 80.9 cm³/mol. The van der Waals surface area contributed by atoms with Crippen molar-refractivity contribution in [3.63, 3.8) is 0 Å². The summed E-state index contributed by atoms with van der Waals surface area (Å²) in [6.45, 7) is 4.04. The van der Waals surface area contributed by atoms with Gasteiger partial charge in [-0.15, -0.1) is 0 Å². The number of nitrogens with one attached hydrogen (secondary N) is 2. The van der Waals surface area contributed by atoms with E-state index in [1.807, 2.05) is 38.1 Å². The van der Waals surface area contributed by atoms with Crippen molar-refractivity contribution in [3.05, 3.63) is 51.3 Å². The smallest absolute Gasteiger partial charge is 0.256 e. The number of anilines is 1. The molecule has 96 valence electrons. The third kappa shape index (κ3) is 2.12. The van der Waals surface area contributed by atoms with E-state index in [9.17, 15) is 4.79 Å². The van der Waals surface area contributed by atoms with Gasteiger partial charge in [-0.05, 0) is 49.8 Å². The Bertz CT molecular complexity index is 713. The lowest BCUT2D eigenvalue weighted by Gasteiger charge is -1.99. The summed E-state index contributed by atoms with van der Waals surface area (Å²) in [6.07, 6.45) is 1.91. The molecule has 0 saturated carbocycles. The van der Waals surface area contributed by atoms with Crippen molar-refractivity contribution in [2.24, 2.45) is 0 Å². The SMILES string of the molecule is Cc1cc(C)c(/C=C2\C(=O)Nc3ccc(Br)cc32)[nH]1. The van der Waals surface area contributed by atoms with Gasteiger partial charge in [0.15, 0.2) is 0 Å². The first kappa shape index (κ1) is 12.2. The molecule has 0 spiro atoms. The lowest BCUT2D eigenvalue weighted by atomic mass is 10.1. The number of aryl methyl sites for hydroxylation is 2. The summed E-state index contributed by atoms with van der Waals surface area (Å²) in [7, 11) is 0. The van der Waals surface area contributed by atoms with Crippen LogP contribution < -0.4 is 5.32 Å². The second kappa shape index (κ2) is 4.38. The summed E-state index contributed by atoms with van der Waals surface area (Å²) in [4.78, 5) is 15.3. The fourth-order valence-electron chi connectivity index (χ4n) is 2.35. The van der Waals surface area contributed by atoms with E-state index in [0.717, 1.165) is 32.7 Å². The summed E-state index contributed by atoms with van der Waals surface area (Å²) >= 11 is 3.44. The van der Waals surface area contributed by atoms with E-state index < -0.39 is 0 Å². The highest BCUT2D eigenvalue weighted by atomic mass is 79.9. The number of amides is 1. The average Bonchev–Trinajstić information content (AvgIpc) is 2.81.